The van der Waals surface area contributed by atoms with Crippen molar-refractivity contribution in [3.8, 4) is 11.5 Å². The Hall–Kier alpha value is -3.34. The Kier molecular flexibility index (Phi) is 12.9. The monoisotopic (exact) mass is 684 g/mol. The minimum absolute atomic E-state index is 0.0365. The average molecular weight is 685 g/mol. The minimum Gasteiger partial charge on any atom is -0.495 e. The molecule has 0 radical (unpaired) electrons. The molecule has 2 heterocycles. The number of sulfone groups is 2. The van der Waals surface area contributed by atoms with Crippen molar-refractivity contribution in [1.29, 1.82) is 0 Å². The summed E-state index contributed by atoms with van der Waals surface area (Å²) in [7, 11) is -2.81. The van der Waals surface area contributed by atoms with Crippen LogP contribution in [0.3, 0.4) is 0 Å². The SMILES string of the molecule is COc1cc(N2CCN(CCS(C)(=O)=O)CC2)c(C)cc1N.COc1cc(N2CCN(CCS(C)(=O)=O)CC2)c(C)cc1[N+](=O)[O-]. The number of aryl methyl sites for hydroxylation is 2. The number of hydrogen-bond acceptors (Lipinski definition) is 13. The number of benzene rings is 2. The molecule has 0 aliphatic carbocycles. The maximum Gasteiger partial charge on any atom is 0.311 e. The number of nitro groups is 1. The predicted molar refractivity (Wildman–Crippen MR) is 183 cm³/mol. The van der Waals surface area contributed by atoms with E-state index in [9.17, 15) is 26.9 Å². The highest BCUT2D eigenvalue weighted by atomic mass is 32.2. The molecule has 2 aromatic carbocycles. The van der Waals surface area contributed by atoms with E-state index < -0.39 is 24.6 Å². The highest BCUT2D eigenvalue weighted by Gasteiger charge is 2.24. The molecule has 2 saturated heterocycles. The second-order valence-electron chi connectivity index (χ2n) is 11.9. The molecule has 2 aliphatic heterocycles. The van der Waals surface area contributed by atoms with Gasteiger partial charge in [0.1, 0.15) is 25.4 Å². The van der Waals surface area contributed by atoms with Crippen LogP contribution in [0.25, 0.3) is 0 Å². The first-order valence-corrected chi connectivity index (χ1v) is 19.2. The second-order valence-corrected chi connectivity index (χ2v) is 16.4. The average Bonchev–Trinajstić information content (AvgIpc) is 2.99. The third kappa shape index (κ3) is 10.9. The Bertz CT molecular complexity index is 1570. The van der Waals surface area contributed by atoms with Crippen LogP contribution in [0.1, 0.15) is 11.1 Å². The van der Waals surface area contributed by atoms with Crippen LogP contribution in [-0.4, -0.2) is 135 Å². The Morgan fingerprint density at radius 2 is 1.11 bits per heavy atom. The summed E-state index contributed by atoms with van der Waals surface area (Å²) in [5, 5.41) is 11.1. The fourth-order valence-electron chi connectivity index (χ4n) is 5.54. The van der Waals surface area contributed by atoms with Gasteiger partial charge in [-0.3, -0.25) is 19.9 Å². The molecule has 0 spiro atoms. The molecule has 2 aromatic rings. The van der Waals surface area contributed by atoms with Crippen molar-refractivity contribution in [3.63, 3.8) is 0 Å². The number of ether oxygens (including phenoxy) is 2. The molecule has 2 aliphatic rings. The number of piperazine rings is 2. The van der Waals surface area contributed by atoms with Crippen molar-refractivity contribution in [3.05, 3.63) is 45.5 Å². The number of rotatable bonds is 11. The van der Waals surface area contributed by atoms with Crippen molar-refractivity contribution >= 4 is 42.4 Å². The minimum atomic E-state index is -2.95. The topological polar surface area (TPSA) is 169 Å². The van der Waals surface area contributed by atoms with Crippen LogP contribution in [0.2, 0.25) is 0 Å². The Labute approximate surface area is 273 Å². The first-order valence-electron chi connectivity index (χ1n) is 15.1. The van der Waals surface area contributed by atoms with E-state index in [0.29, 0.717) is 24.5 Å². The number of anilines is 3. The number of nitrogens with zero attached hydrogens (tertiary/aromatic N) is 5. The molecule has 0 atom stereocenters. The van der Waals surface area contributed by atoms with Gasteiger partial charge in [0, 0.05) is 108 Å². The van der Waals surface area contributed by atoms with Crippen LogP contribution in [0.15, 0.2) is 24.3 Å². The summed E-state index contributed by atoms with van der Waals surface area (Å²) in [6.07, 6.45) is 2.53. The molecular weight excluding hydrogens is 636 g/mol. The van der Waals surface area contributed by atoms with Gasteiger partial charge in [-0.25, -0.2) is 16.8 Å². The van der Waals surface area contributed by atoms with E-state index in [1.807, 2.05) is 26.0 Å². The van der Waals surface area contributed by atoms with Crippen molar-refractivity contribution < 1.29 is 31.2 Å². The lowest BCUT2D eigenvalue weighted by Crippen LogP contribution is -2.47. The molecule has 0 amide bonds. The van der Waals surface area contributed by atoms with Gasteiger partial charge in [-0.1, -0.05) is 0 Å². The van der Waals surface area contributed by atoms with Gasteiger partial charge in [0.05, 0.1) is 36.3 Å². The summed E-state index contributed by atoms with van der Waals surface area (Å²) in [6, 6.07) is 7.16. The summed E-state index contributed by atoms with van der Waals surface area (Å²) in [6.45, 7) is 11.5. The van der Waals surface area contributed by atoms with Crippen LogP contribution in [0, 0.1) is 24.0 Å². The fourth-order valence-corrected chi connectivity index (χ4v) is 6.72. The summed E-state index contributed by atoms with van der Waals surface area (Å²) in [5.41, 5.74) is 10.5. The number of nitro benzene ring substituents is 1. The molecule has 4 rings (SSSR count). The van der Waals surface area contributed by atoms with Crippen molar-refractivity contribution in [2.45, 2.75) is 13.8 Å². The van der Waals surface area contributed by atoms with Gasteiger partial charge >= 0.3 is 5.69 Å². The van der Waals surface area contributed by atoms with Crippen molar-refractivity contribution in [1.82, 2.24) is 9.80 Å². The zero-order valence-corrected chi connectivity index (χ0v) is 29.3. The quantitative estimate of drug-likeness (QED) is 0.207. The lowest BCUT2D eigenvalue weighted by molar-refractivity contribution is -0.385. The predicted octanol–water partition coefficient (Wildman–Crippen LogP) is 1.83. The fraction of sp³-hybridized carbons (Fsp3) is 0.600. The summed E-state index contributed by atoms with van der Waals surface area (Å²) in [5.74, 6) is 1.33. The molecule has 2 fully saturated rings. The molecule has 258 valence electrons. The highest BCUT2D eigenvalue weighted by Crippen LogP contribution is 2.35. The van der Waals surface area contributed by atoms with Crippen LogP contribution < -0.4 is 25.0 Å². The lowest BCUT2D eigenvalue weighted by atomic mass is 10.1. The van der Waals surface area contributed by atoms with E-state index >= 15 is 0 Å². The normalized spacial score (nSPS) is 16.5. The zero-order valence-electron chi connectivity index (χ0n) is 27.7. The Morgan fingerprint density at radius 1 is 0.717 bits per heavy atom. The third-order valence-corrected chi connectivity index (χ3v) is 10.1. The largest absolute Gasteiger partial charge is 0.495 e. The lowest BCUT2D eigenvalue weighted by Gasteiger charge is -2.36. The second kappa shape index (κ2) is 16.0. The Morgan fingerprint density at radius 3 is 1.48 bits per heavy atom. The zero-order chi connectivity index (χ0) is 34.2. The van der Waals surface area contributed by atoms with Gasteiger partial charge in [-0.2, -0.15) is 0 Å². The van der Waals surface area contributed by atoms with Crippen LogP contribution in [0.5, 0.6) is 11.5 Å². The summed E-state index contributed by atoms with van der Waals surface area (Å²) < 4.78 is 55.4. The van der Waals surface area contributed by atoms with Gasteiger partial charge in [-0.05, 0) is 31.0 Å². The first kappa shape index (κ1) is 37.1. The van der Waals surface area contributed by atoms with E-state index in [1.54, 1.807) is 13.2 Å². The Balaban J connectivity index is 0.000000251. The van der Waals surface area contributed by atoms with E-state index in [1.165, 1.54) is 25.7 Å². The maximum atomic E-state index is 11.3. The smallest absolute Gasteiger partial charge is 0.311 e. The van der Waals surface area contributed by atoms with Crippen molar-refractivity contribution in [2.24, 2.45) is 0 Å². The van der Waals surface area contributed by atoms with Gasteiger partial charge in [0.2, 0.25) is 0 Å². The van der Waals surface area contributed by atoms with E-state index in [4.69, 9.17) is 15.2 Å². The molecule has 46 heavy (non-hydrogen) atoms. The number of methoxy groups -OCH3 is 2. The molecule has 0 unspecified atom stereocenters. The molecule has 2 N–H and O–H groups in total. The third-order valence-electron chi connectivity index (χ3n) is 8.22. The van der Waals surface area contributed by atoms with Crippen LogP contribution in [-0.2, 0) is 19.7 Å². The standard InChI is InChI=1S/C15H23N3O5S.C15H25N3O3S/c1-12-10-14(18(19)20)15(23-2)11-13(12)17-6-4-16(5-7-17)8-9-24(3,21)22;1-12-10-13(16)15(21-2)11-14(12)18-6-4-17(5-7-18)8-9-22(3,19)20/h10-11H,4-9H2,1-3H3;10-11H,4-9,16H2,1-3H3. The molecule has 14 nitrogen and oxygen atoms in total. The van der Waals surface area contributed by atoms with Crippen LogP contribution >= 0.6 is 0 Å². The molecular formula is C30H48N6O8S2. The summed E-state index contributed by atoms with van der Waals surface area (Å²) >= 11 is 0. The molecule has 0 bridgehead atoms. The molecule has 16 heteroatoms. The number of nitrogen functional groups attached to an aromatic ring is 1. The summed E-state index contributed by atoms with van der Waals surface area (Å²) in [4.78, 5) is 19.4. The van der Waals surface area contributed by atoms with Crippen LogP contribution in [0.4, 0.5) is 22.7 Å². The van der Waals surface area contributed by atoms with Gasteiger partial charge in [-0.15, -0.1) is 0 Å². The number of nitrogens with two attached hydrogens (primary N) is 1. The van der Waals surface area contributed by atoms with E-state index in [-0.39, 0.29) is 22.9 Å². The van der Waals surface area contributed by atoms with Gasteiger partial charge < -0.3 is 25.0 Å². The highest BCUT2D eigenvalue weighted by molar-refractivity contribution is 7.90. The molecule has 0 saturated carbocycles. The van der Waals surface area contributed by atoms with Gasteiger partial charge in [0.25, 0.3) is 0 Å². The van der Waals surface area contributed by atoms with E-state index in [2.05, 4.69) is 19.6 Å². The maximum absolute atomic E-state index is 11.3. The van der Waals surface area contributed by atoms with Crippen molar-refractivity contribution in [2.75, 3.05) is 119 Å². The molecule has 0 aromatic heterocycles. The number of hydrogen-bond donors (Lipinski definition) is 1. The first-order chi connectivity index (χ1) is 21.5. The van der Waals surface area contributed by atoms with E-state index in [0.717, 1.165) is 74.9 Å². The van der Waals surface area contributed by atoms with Gasteiger partial charge in [0.15, 0.2) is 5.75 Å².